The van der Waals surface area contributed by atoms with E-state index in [9.17, 15) is 4.79 Å². The molecule has 23 heavy (non-hydrogen) atoms. The summed E-state index contributed by atoms with van der Waals surface area (Å²) in [7, 11) is 0. The lowest BCUT2D eigenvalue weighted by atomic mass is 9.96. The third-order valence-electron chi connectivity index (χ3n) is 3.84. The van der Waals surface area contributed by atoms with Crippen LogP contribution in [0.25, 0.3) is 11.3 Å². The second kappa shape index (κ2) is 6.92. The van der Waals surface area contributed by atoms with E-state index < -0.39 is 0 Å². The lowest BCUT2D eigenvalue weighted by Gasteiger charge is -2.14. The van der Waals surface area contributed by atoms with Crippen molar-refractivity contribution in [3.05, 3.63) is 72.3 Å². The van der Waals surface area contributed by atoms with Crippen molar-refractivity contribution in [1.29, 1.82) is 0 Å². The summed E-state index contributed by atoms with van der Waals surface area (Å²) in [5.74, 6) is 0.334. The number of nitrogens with zero attached hydrogens (tertiary/aromatic N) is 1. The van der Waals surface area contributed by atoms with Gasteiger partial charge in [0, 0.05) is 6.07 Å². The molecule has 4 nitrogen and oxygen atoms in total. The first-order valence-corrected chi connectivity index (χ1v) is 7.74. The second-order valence-corrected chi connectivity index (χ2v) is 5.39. The summed E-state index contributed by atoms with van der Waals surface area (Å²) in [6.45, 7) is 2.01. The Morgan fingerprint density at radius 2 is 1.74 bits per heavy atom. The Balaban J connectivity index is 1.74. The highest BCUT2D eigenvalue weighted by Gasteiger charge is 2.19. The molecule has 0 aliphatic carbocycles. The molecular weight excluding hydrogens is 286 g/mol. The molecule has 0 radical (unpaired) electrons. The summed E-state index contributed by atoms with van der Waals surface area (Å²) in [6.07, 6.45) is 0.742. The van der Waals surface area contributed by atoms with Gasteiger partial charge in [0.2, 0.25) is 5.91 Å². The van der Waals surface area contributed by atoms with Crippen LogP contribution in [-0.4, -0.2) is 16.1 Å². The minimum absolute atomic E-state index is 0.0372. The van der Waals surface area contributed by atoms with Crippen LogP contribution in [0.1, 0.15) is 24.8 Å². The number of benzene rings is 2. The average molecular weight is 305 g/mol. The number of aromatic amines is 1. The van der Waals surface area contributed by atoms with Gasteiger partial charge in [-0.15, -0.1) is 0 Å². The van der Waals surface area contributed by atoms with E-state index in [1.165, 1.54) is 0 Å². The molecule has 1 amide bonds. The van der Waals surface area contributed by atoms with E-state index in [0.29, 0.717) is 5.82 Å². The minimum atomic E-state index is -0.173. The molecule has 2 N–H and O–H groups in total. The summed E-state index contributed by atoms with van der Waals surface area (Å²) in [5.41, 5.74) is 2.94. The Hall–Kier alpha value is -2.88. The lowest BCUT2D eigenvalue weighted by Crippen LogP contribution is -2.20. The van der Waals surface area contributed by atoms with Crippen LogP contribution in [-0.2, 0) is 4.79 Å². The third kappa shape index (κ3) is 3.48. The average Bonchev–Trinajstić information content (AvgIpc) is 3.06. The molecule has 0 saturated heterocycles. The van der Waals surface area contributed by atoms with Crippen molar-refractivity contribution in [3.63, 3.8) is 0 Å². The Bertz CT molecular complexity index is 766. The fourth-order valence-electron chi connectivity index (χ4n) is 2.62. The molecule has 0 aliphatic rings. The summed E-state index contributed by atoms with van der Waals surface area (Å²) in [5, 5.41) is 10.0. The van der Waals surface area contributed by atoms with Gasteiger partial charge in [-0.25, -0.2) is 0 Å². The molecule has 116 valence electrons. The first kappa shape index (κ1) is 15.0. The maximum Gasteiger partial charge on any atom is 0.233 e. The van der Waals surface area contributed by atoms with Gasteiger partial charge in [0.1, 0.15) is 0 Å². The van der Waals surface area contributed by atoms with E-state index in [2.05, 4.69) is 15.5 Å². The highest BCUT2D eigenvalue weighted by atomic mass is 16.1. The highest BCUT2D eigenvalue weighted by Crippen LogP contribution is 2.23. The smallest absolute Gasteiger partial charge is 0.233 e. The van der Waals surface area contributed by atoms with Crippen LogP contribution < -0.4 is 5.32 Å². The fraction of sp³-hybridized carbons (Fsp3) is 0.158. The van der Waals surface area contributed by atoms with Crippen molar-refractivity contribution in [2.45, 2.75) is 19.3 Å². The molecule has 4 heteroatoms. The minimum Gasteiger partial charge on any atom is -0.309 e. The monoisotopic (exact) mass is 305 g/mol. The highest BCUT2D eigenvalue weighted by molar-refractivity contribution is 5.95. The van der Waals surface area contributed by atoms with Gasteiger partial charge in [-0.1, -0.05) is 67.6 Å². The molecule has 0 bridgehead atoms. The quantitative estimate of drug-likeness (QED) is 0.742. The Morgan fingerprint density at radius 3 is 2.39 bits per heavy atom. The SMILES string of the molecule is CC[C@H](C(=O)Nc1cc(-c2ccccc2)[nH]n1)c1ccccc1. The third-order valence-corrected chi connectivity index (χ3v) is 3.84. The second-order valence-electron chi connectivity index (χ2n) is 5.39. The van der Waals surface area contributed by atoms with Crippen molar-refractivity contribution < 1.29 is 4.79 Å². The van der Waals surface area contributed by atoms with E-state index in [1.807, 2.05) is 73.7 Å². The summed E-state index contributed by atoms with van der Waals surface area (Å²) in [6, 6.07) is 21.6. The maximum atomic E-state index is 12.5. The zero-order chi connectivity index (χ0) is 16.1. The Morgan fingerprint density at radius 1 is 1.09 bits per heavy atom. The van der Waals surface area contributed by atoms with Crippen LogP contribution in [0.2, 0.25) is 0 Å². The van der Waals surface area contributed by atoms with Gasteiger partial charge in [-0.2, -0.15) is 5.10 Å². The summed E-state index contributed by atoms with van der Waals surface area (Å²) in [4.78, 5) is 12.5. The van der Waals surface area contributed by atoms with Gasteiger partial charge in [-0.05, 0) is 17.5 Å². The van der Waals surface area contributed by atoms with E-state index in [-0.39, 0.29) is 11.8 Å². The van der Waals surface area contributed by atoms with Crippen molar-refractivity contribution >= 4 is 11.7 Å². The number of carbonyl (C=O) groups excluding carboxylic acids is 1. The van der Waals surface area contributed by atoms with Crippen LogP contribution in [0, 0.1) is 0 Å². The molecule has 0 fully saturated rings. The molecule has 0 unspecified atom stereocenters. The molecule has 0 spiro atoms. The molecule has 0 saturated carbocycles. The topological polar surface area (TPSA) is 57.8 Å². The number of aromatic nitrogens is 2. The Kier molecular flexibility index (Phi) is 4.52. The van der Waals surface area contributed by atoms with Crippen LogP contribution in [0.5, 0.6) is 0 Å². The predicted octanol–water partition coefficient (Wildman–Crippen LogP) is 4.21. The predicted molar refractivity (Wildman–Crippen MR) is 92.1 cm³/mol. The largest absolute Gasteiger partial charge is 0.309 e. The summed E-state index contributed by atoms with van der Waals surface area (Å²) < 4.78 is 0. The first-order valence-electron chi connectivity index (χ1n) is 7.74. The molecular formula is C19H19N3O. The number of nitrogens with one attached hydrogen (secondary N) is 2. The molecule has 0 aliphatic heterocycles. The van der Waals surface area contributed by atoms with Crippen LogP contribution in [0.3, 0.4) is 0 Å². The van der Waals surface area contributed by atoms with E-state index >= 15 is 0 Å². The number of amides is 1. The van der Waals surface area contributed by atoms with Gasteiger partial charge in [0.25, 0.3) is 0 Å². The molecule has 2 aromatic carbocycles. The Labute approximate surface area is 135 Å². The molecule has 1 aromatic heterocycles. The molecule has 1 heterocycles. The number of rotatable bonds is 5. The number of H-pyrrole nitrogens is 1. The summed E-state index contributed by atoms with van der Waals surface area (Å²) >= 11 is 0. The van der Waals surface area contributed by atoms with Gasteiger partial charge in [-0.3, -0.25) is 9.89 Å². The van der Waals surface area contributed by atoms with Crippen LogP contribution in [0.4, 0.5) is 5.82 Å². The van der Waals surface area contributed by atoms with Gasteiger partial charge < -0.3 is 5.32 Å². The first-order chi connectivity index (χ1) is 11.3. The van der Waals surface area contributed by atoms with Gasteiger partial charge >= 0.3 is 0 Å². The van der Waals surface area contributed by atoms with Crippen molar-refractivity contribution in [3.8, 4) is 11.3 Å². The van der Waals surface area contributed by atoms with E-state index in [0.717, 1.165) is 23.2 Å². The van der Waals surface area contributed by atoms with Gasteiger partial charge in [0.15, 0.2) is 5.82 Å². The number of hydrogen-bond donors (Lipinski definition) is 2. The standard InChI is InChI=1S/C19H19N3O/c1-2-16(14-9-5-3-6-10-14)19(23)20-18-13-17(21-22-18)15-11-7-4-8-12-15/h3-13,16H,2H2,1H3,(H2,20,21,22,23)/t16-/m0/s1. The van der Waals surface area contributed by atoms with Crippen LogP contribution in [0.15, 0.2) is 66.7 Å². The van der Waals surface area contributed by atoms with Gasteiger partial charge in [0.05, 0.1) is 11.6 Å². The van der Waals surface area contributed by atoms with E-state index in [4.69, 9.17) is 0 Å². The molecule has 3 aromatic rings. The lowest BCUT2D eigenvalue weighted by molar-refractivity contribution is -0.117. The molecule has 3 rings (SSSR count). The normalized spacial score (nSPS) is 11.9. The van der Waals surface area contributed by atoms with Crippen molar-refractivity contribution in [1.82, 2.24) is 10.2 Å². The van der Waals surface area contributed by atoms with E-state index in [1.54, 1.807) is 0 Å². The fourth-order valence-corrected chi connectivity index (χ4v) is 2.62. The van der Waals surface area contributed by atoms with Crippen molar-refractivity contribution in [2.24, 2.45) is 0 Å². The van der Waals surface area contributed by atoms with Crippen LogP contribution >= 0.6 is 0 Å². The number of hydrogen-bond acceptors (Lipinski definition) is 2. The zero-order valence-corrected chi connectivity index (χ0v) is 13.0. The number of anilines is 1. The van der Waals surface area contributed by atoms with Crippen molar-refractivity contribution in [2.75, 3.05) is 5.32 Å². The number of carbonyl (C=O) groups is 1. The zero-order valence-electron chi connectivity index (χ0n) is 13.0. The maximum absolute atomic E-state index is 12.5. The molecule has 1 atom stereocenters.